The number of anilines is 1. The lowest BCUT2D eigenvalue weighted by Gasteiger charge is -2.23. The highest BCUT2D eigenvalue weighted by atomic mass is 16.2. The van der Waals surface area contributed by atoms with Crippen LogP contribution >= 0.6 is 0 Å². The molecule has 5 nitrogen and oxygen atoms in total. The van der Waals surface area contributed by atoms with Gasteiger partial charge in [-0.1, -0.05) is 19.1 Å². The Morgan fingerprint density at radius 1 is 1.40 bits per heavy atom. The van der Waals surface area contributed by atoms with Crippen LogP contribution in [0.4, 0.5) is 10.5 Å². The summed E-state index contributed by atoms with van der Waals surface area (Å²) in [5.74, 6) is 0.0461. The Balaban J connectivity index is 1.65. The van der Waals surface area contributed by atoms with Gasteiger partial charge in [-0.3, -0.25) is 4.79 Å². The molecular formula is C15H19N3O2. The lowest BCUT2D eigenvalue weighted by Crippen LogP contribution is -2.41. The van der Waals surface area contributed by atoms with E-state index in [1.807, 2.05) is 24.3 Å². The maximum absolute atomic E-state index is 12.3. The molecule has 2 atom stereocenters. The van der Waals surface area contributed by atoms with Crippen LogP contribution < -0.4 is 10.6 Å². The number of hydrogen-bond donors (Lipinski definition) is 2. The minimum absolute atomic E-state index is 0.0115. The standard InChI is InChI=1S/C15H19N3O2/c1-2-10-3-5-11(6-4-10)16-15(20)18-8-7-12-13(18)9-14(19)17-12/h3-6,12-13H,2,7-9H2,1H3,(H,16,20)(H,17,19). The van der Waals surface area contributed by atoms with Crippen LogP contribution in [0.2, 0.25) is 0 Å². The normalized spacial score (nSPS) is 24.4. The van der Waals surface area contributed by atoms with Crippen molar-refractivity contribution in [2.75, 3.05) is 11.9 Å². The van der Waals surface area contributed by atoms with E-state index in [4.69, 9.17) is 0 Å². The molecule has 1 aromatic rings. The molecule has 106 valence electrons. The van der Waals surface area contributed by atoms with E-state index in [-0.39, 0.29) is 24.0 Å². The van der Waals surface area contributed by atoms with E-state index in [9.17, 15) is 9.59 Å². The predicted octanol–water partition coefficient (Wildman–Crippen LogP) is 1.74. The van der Waals surface area contributed by atoms with Crippen LogP contribution in [0.1, 0.15) is 25.3 Å². The highest BCUT2D eigenvalue weighted by molar-refractivity contribution is 5.91. The molecule has 0 radical (unpaired) electrons. The molecule has 3 rings (SSSR count). The van der Waals surface area contributed by atoms with Crippen molar-refractivity contribution in [3.05, 3.63) is 29.8 Å². The molecule has 0 bridgehead atoms. The second-order valence-electron chi connectivity index (χ2n) is 5.41. The van der Waals surface area contributed by atoms with Gasteiger partial charge in [0.05, 0.1) is 12.1 Å². The third-order valence-electron chi connectivity index (χ3n) is 4.16. The summed E-state index contributed by atoms with van der Waals surface area (Å²) in [6.07, 6.45) is 2.25. The first-order valence-electron chi connectivity index (χ1n) is 7.13. The van der Waals surface area contributed by atoms with Gasteiger partial charge in [-0.25, -0.2) is 4.79 Å². The number of carbonyl (C=O) groups excluding carboxylic acids is 2. The monoisotopic (exact) mass is 273 g/mol. The van der Waals surface area contributed by atoms with Gasteiger partial charge in [0.1, 0.15) is 0 Å². The van der Waals surface area contributed by atoms with E-state index in [2.05, 4.69) is 17.6 Å². The topological polar surface area (TPSA) is 61.4 Å². The molecule has 0 saturated carbocycles. The van der Waals surface area contributed by atoms with Crippen molar-refractivity contribution in [1.82, 2.24) is 10.2 Å². The van der Waals surface area contributed by atoms with Crippen LogP contribution in [-0.2, 0) is 11.2 Å². The summed E-state index contributed by atoms with van der Waals surface area (Å²) in [5, 5.41) is 5.83. The van der Waals surface area contributed by atoms with Gasteiger partial charge in [0, 0.05) is 18.7 Å². The molecular weight excluding hydrogens is 254 g/mol. The zero-order valence-corrected chi connectivity index (χ0v) is 11.6. The number of benzene rings is 1. The Kier molecular flexibility index (Phi) is 3.34. The Morgan fingerprint density at radius 3 is 2.85 bits per heavy atom. The van der Waals surface area contributed by atoms with E-state index in [0.717, 1.165) is 18.5 Å². The minimum Gasteiger partial charge on any atom is -0.351 e. The summed E-state index contributed by atoms with van der Waals surface area (Å²) < 4.78 is 0. The van der Waals surface area contributed by atoms with Crippen LogP contribution in [-0.4, -0.2) is 35.5 Å². The van der Waals surface area contributed by atoms with Crippen LogP contribution in [0.25, 0.3) is 0 Å². The smallest absolute Gasteiger partial charge is 0.322 e. The summed E-state index contributed by atoms with van der Waals surface area (Å²) in [4.78, 5) is 25.5. The molecule has 5 heteroatoms. The fourth-order valence-corrected chi connectivity index (χ4v) is 3.00. The quantitative estimate of drug-likeness (QED) is 0.862. The number of nitrogens with one attached hydrogen (secondary N) is 2. The molecule has 2 unspecified atom stereocenters. The van der Waals surface area contributed by atoms with Gasteiger partial charge >= 0.3 is 6.03 Å². The SMILES string of the molecule is CCc1ccc(NC(=O)N2CCC3NC(=O)CC32)cc1. The zero-order valence-electron chi connectivity index (χ0n) is 11.6. The maximum Gasteiger partial charge on any atom is 0.322 e. The van der Waals surface area contributed by atoms with Crippen molar-refractivity contribution in [1.29, 1.82) is 0 Å². The third kappa shape index (κ3) is 2.35. The Bertz CT molecular complexity index is 526. The molecule has 2 heterocycles. The van der Waals surface area contributed by atoms with E-state index < -0.39 is 0 Å². The van der Waals surface area contributed by atoms with Crippen LogP contribution in [0.3, 0.4) is 0 Å². The van der Waals surface area contributed by atoms with Crippen molar-refractivity contribution < 1.29 is 9.59 Å². The number of nitrogens with zero attached hydrogens (tertiary/aromatic N) is 1. The molecule has 2 N–H and O–H groups in total. The van der Waals surface area contributed by atoms with E-state index in [0.29, 0.717) is 13.0 Å². The molecule has 3 amide bonds. The molecule has 2 saturated heterocycles. The number of aryl methyl sites for hydroxylation is 1. The number of hydrogen-bond acceptors (Lipinski definition) is 2. The summed E-state index contributed by atoms with van der Waals surface area (Å²) in [6, 6.07) is 7.91. The first-order chi connectivity index (χ1) is 9.67. The average Bonchev–Trinajstić information content (AvgIpc) is 2.98. The summed E-state index contributed by atoms with van der Waals surface area (Å²) in [6.45, 7) is 2.80. The van der Waals surface area contributed by atoms with Crippen molar-refractivity contribution >= 4 is 17.6 Å². The van der Waals surface area contributed by atoms with E-state index >= 15 is 0 Å². The van der Waals surface area contributed by atoms with Crippen LogP contribution in [0, 0.1) is 0 Å². The van der Waals surface area contributed by atoms with Crippen LogP contribution in [0.15, 0.2) is 24.3 Å². The van der Waals surface area contributed by atoms with Crippen LogP contribution in [0.5, 0.6) is 0 Å². The van der Waals surface area contributed by atoms with Crippen molar-refractivity contribution in [2.24, 2.45) is 0 Å². The number of urea groups is 1. The van der Waals surface area contributed by atoms with Crippen molar-refractivity contribution in [3.8, 4) is 0 Å². The predicted molar refractivity (Wildman–Crippen MR) is 76.5 cm³/mol. The van der Waals surface area contributed by atoms with Gasteiger partial charge < -0.3 is 15.5 Å². The second kappa shape index (κ2) is 5.15. The first kappa shape index (κ1) is 13.0. The summed E-state index contributed by atoms with van der Waals surface area (Å²) in [7, 11) is 0. The number of carbonyl (C=O) groups is 2. The highest BCUT2D eigenvalue weighted by Crippen LogP contribution is 2.26. The molecule has 0 aliphatic carbocycles. The maximum atomic E-state index is 12.3. The zero-order chi connectivity index (χ0) is 14.1. The number of fused-ring (bicyclic) bond motifs is 1. The molecule has 0 aromatic heterocycles. The van der Waals surface area contributed by atoms with Crippen molar-refractivity contribution in [3.63, 3.8) is 0 Å². The molecule has 2 aliphatic rings. The number of likely N-dealkylation sites (tertiary alicyclic amines) is 1. The molecule has 20 heavy (non-hydrogen) atoms. The second-order valence-corrected chi connectivity index (χ2v) is 5.41. The van der Waals surface area contributed by atoms with Gasteiger partial charge in [-0.05, 0) is 30.5 Å². The summed E-state index contributed by atoms with van der Waals surface area (Å²) in [5.41, 5.74) is 2.04. The largest absolute Gasteiger partial charge is 0.351 e. The first-order valence-corrected chi connectivity index (χ1v) is 7.13. The van der Waals surface area contributed by atoms with Gasteiger partial charge in [0.2, 0.25) is 5.91 Å². The third-order valence-corrected chi connectivity index (χ3v) is 4.16. The number of amides is 3. The van der Waals surface area contributed by atoms with E-state index in [1.165, 1.54) is 5.56 Å². The average molecular weight is 273 g/mol. The van der Waals surface area contributed by atoms with Gasteiger partial charge in [0.15, 0.2) is 0 Å². The van der Waals surface area contributed by atoms with Gasteiger partial charge in [-0.15, -0.1) is 0 Å². The Labute approximate surface area is 118 Å². The fraction of sp³-hybridized carbons (Fsp3) is 0.467. The fourth-order valence-electron chi connectivity index (χ4n) is 3.00. The van der Waals surface area contributed by atoms with E-state index in [1.54, 1.807) is 4.90 Å². The highest BCUT2D eigenvalue weighted by Gasteiger charge is 2.43. The molecule has 2 fully saturated rings. The number of rotatable bonds is 2. The van der Waals surface area contributed by atoms with Crippen molar-refractivity contribution in [2.45, 2.75) is 38.3 Å². The lowest BCUT2D eigenvalue weighted by atomic mass is 10.1. The molecule has 1 aromatic carbocycles. The van der Waals surface area contributed by atoms with Gasteiger partial charge in [0.25, 0.3) is 0 Å². The molecule has 0 spiro atoms. The Hall–Kier alpha value is -2.04. The van der Waals surface area contributed by atoms with Gasteiger partial charge in [-0.2, -0.15) is 0 Å². The Morgan fingerprint density at radius 2 is 2.15 bits per heavy atom. The lowest BCUT2D eigenvalue weighted by molar-refractivity contribution is -0.119. The molecule has 2 aliphatic heterocycles. The minimum atomic E-state index is -0.113. The summed E-state index contributed by atoms with van der Waals surface area (Å²) >= 11 is 0.